The summed E-state index contributed by atoms with van der Waals surface area (Å²) in [7, 11) is 0. The van der Waals surface area contributed by atoms with Crippen LogP contribution in [-0.2, 0) is 6.54 Å². The van der Waals surface area contributed by atoms with Gasteiger partial charge in [0, 0.05) is 44.6 Å². The van der Waals surface area contributed by atoms with Crippen LogP contribution in [0, 0.1) is 6.92 Å². The summed E-state index contributed by atoms with van der Waals surface area (Å²) in [4.78, 5) is 20.8. The monoisotopic (exact) mass is 296 g/mol. The van der Waals surface area contributed by atoms with Gasteiger partial charge in [0.2, 0.25) is 0 Å². The number of amides is 2. The minimum atomic E-state index is 0.0817. The maximum atomic E-state index is 12.0. The Balaban J connectivity index is 1.81. The van der Waals surface area contributed by atoms with Gasteiger partial charge in [-0.3, -0.25) is 4.90 Å². The molecule has 0 saturated carbocycles. The molecule has 0 atom stereocenters. The van der Waals surface area contributed by atoms with Crippen LogP contribution < -0.4 is 5.32 Å². The molecule has 1 aliphatic heterocycles. The molecule has 5 nitrogen and oxygen atoms in total. The van der Waals surface area contributed by atoms with Crippen molar-refractivity contribution < 1.29 is 4.79 Å². The number of nitrogens with one attached hydrogen (secondary N) is 1. The van der Waals surface area contributed by atoms with Crippen molar-refractivity contribution in [2.24, 2.45) is 0 Å². The summed E-state index contributed by atoms with van der Waals surface area (Å²) in [6.45, 7) is 9.38. The maximum absolute atomic E-state index is 12.0. The summed E-state index contributed by atoms with van der Waals surface area (Å²) in [6, 6.07) is 0.0817. The minimum absolute atomic E-state index is 0.0817. The molecule has 1 aromatic rings. The van der Waals surface area contributed by atoms with Crippen LogP contribution in [0.4, 0.5) is 4.79 Å². The number of carbonyl (C=O) groups excluding carboxylic acids is 1. The number of nitrogens with zero attached hydrogens (tertiary/aromatic N) is 3. The van der Waals surface area contributed by atoms with Crippen molar-refractivity contribution in [1.29, 1.82) is 0 Å². The highest BCUT2D eigenvalue weighted by molar-refractivity contribution is 7.09. The number of hydrogen-bond donors (Lipinski definition) is 1. The molecule has 1 aliphatic rings. The third-order valence-electron chi connectivity index (χ3n) is 3.45. The van der Waals surface area contributed by atoms with Crippen LogP contribution in [0.5, 0.6) is 0 Å². The molecule has 6 heteroatoms. The summed E-state index contributed by atoms with van der Waals surface area (Å²) in [5, 5.41) is 6.21. The minimum Gasteiger partial charge on any atom is -0.338 e. The molecule has 0 aromatic carbocycles. The van der Waals surface area contributed by atoms with Crippen LogP contribution in [0.3, 0.4) is 0 Å². The van der Waals surface area contributed by atoms with Gasteiger partial charge in [-0.15, -0.1) is 11.3 Å². The van der Waals surface area contributed by atoms with Gasteiger partial charge in [-0.05, 0) is 19.8 Å². The molecule has 1 aromatic heterocycles. The Labute approximate surface area is 125 Å². The molecule has 1 saturated heterocycles. The van der Waals surface area contributed by atoms with E-state index in [1.807, 2.05) is 11.8 Å². The molecule has 2 heterocycles. The lowest BCUT2D eigenvalue weighted by Crippen LogP contribution is -2.42. The number of aryl methyl sites for hydroxylation is 1. The van der Waals surface area contributed by atoms with Crippen molar-refractivity contribution in [2.45, 2.75) is 33.2 Å². The molecule has 0 bridgehead atoms. The zero-order valence-electron chi connectivity index (χ0n) is 12.4. The number of hydrogen-bond acceptors (Lipinski definition) is 4. The zero-order chi connectivity index (χ0) is 14.4. The van der Waals surface area contributed by atoms with Crippen molar-refractivity contribution in [3.8, 4) is 0 Å². The number of thiazole rings is 1. The molecule has 2 amide bonds. The summed E-state index contributed by atoms with van der Waals surface area (Å²) >= 11 is 1.70. The molecule has 2 rings (SSSR count). The first-order valence-electron chi connectivity index (χ1n) is 7.35. The zero-order valence-corrected chi connectivity index (χ0v) is 13.2. The van der Waals surface area contributed by atoms with Gasteiger partial charge in [-0.25, -0.2) is 9.78 Å². The van der Waals surface area contributed by atoms with E-state index in [-0.39, 0.29) is 6.03 Å². The first-order chi connectivity index (χ1) is 9.69. The van der Waals surface area contributed by atoms with E-state index in [0.29, 0.717) is 0 Å². The maximum Gasteiger partial charge on any atom is 0.317 e. The van der Waals surface area contributed by atoms with Crippen LogP contribution >= 0.6 is 11.3 Å². The number of carbonyl (C=O) groups is 1. The molecule has 112 valence electrons. The molecule has 0 unspecified atom stereocenters. The summed E-state index contributed by atoms with van der Waals surface area (Å²) in [5.41, 5.74) is 1.15. The van der Waals surface area contributed by atoms with Crippen LogP contribution in [0.1, 0.15) is 30.5 Å². The predicted octanol–water partition coefficient (Wildman–Crippen LogP) is 2.08. The highest BCUT2D eigenvalue weighted by Gasteiger charge is 2.19. The van der Waals surface area contributed by atoms with Crippen molar-refractivity contribution >= 4 is 17.4 Å². The summed E-state index contributed by atoms with van der Waals surface area (Å²) < 4.78 is 0. The van der Waals surface area contributed by atoms with Gasteiger partial charge in [0.25, 0.3) is 0 Å². The first-order valence-corrected chi connectivity index (χ1v) is 8.23. The number of urea groups is 1. The van der Waals surface area contributed by atoms with Crippen molar-refractivity contribution in [3.05, 3.63) is 16.1 Å². The Bertz CT molecular complexity index is 435. The normalized spacial score (nSPS) is 17.0. The molecular weight excluding hydrogens is 272 g/mol. The SMILES string of the molecule is CCCNC(=O)N1CCCN(Cc2csc(C)n2)CC1. The fourth-order valence-corrected chi connectivity index (χ4v) is 2.99. The molecular formula is C14H24N4OS. The average molecular weight is 296 g/mol. The number of aromatic nitrogens is 1. The second-order valence-electron chi connectivity index (χ2n) is 5.21. The van der Waals surface area contributed by atoms with Gasteiger partial charge in [-0.1, -0.05) is 6.92 Å². The van der Waals surface area contributed by atoms with E-state index in [0.717, 1.165) is 62.8 Å². The highest BCUT2D eigenvalue weighted by atomic mass is 32.1. The molecule has 1 fully saturated rings. The van der Waals surface area contributed by atoms with E-state index in [2.05, 4.69) is 27.5 Å². The summed E-state index contributed by atoms with van der Waals surface area (Å²) in [6.07, 6.45) is 2.01. The van der Waals surface area contributed by atoms with Gasteiger partial charge >= 0.3 is 6.03 Å². The van der Waals surface area contributed by atoms with Crippen LogP contribution in [0.2, 0.25) is 0 Å². The van der Waals surface area contributed by atoms with Gasteiger partial charge in [-0.2, -0.15) is 0 Å². The van der Waals surface area contributed by atoms with Gasteiger partial charge in [0.1, 0.15) is 0 Å². The molecule has 0 aliphatic carbocycles. The van der Waals surface area contributed by atoms with E-state index >= 15 is 0 Å². The van der Waals surface area contributed by atoms with Crippen LogP contribution in [0.25, 0.3) is 0 Å². The Morgan fingerprint density at radius 3 is 2.95 bits per heavy atom. The number of rotatable bonds is 4. The van der Waals surface area contributed by atoms with E-state index in [9.17, 15) is 4.79 Å². The lowest BCUT2D eigenvalue weighted by Gasteiger charge is -2.21. The van der Waals surface area contributed by atoms with Crippen LogP contribution in [-0.4, -0.2) is 53.5 Å². The fraction of sp³-hybridized carbons (Fsp3) is 0.714. The highest BCUT2D eigenvalue weighted by Crippen LogP contribution is 2.12. The largest absolute Gasteiger partial charge is 0.338 e. The second-order valence-corrected chi connectivity index (χ2v) is 6.27. The van der Waals surface area contributed by atoms with Gasteiger partial charge in [0.05, 0.1) is 10.7 Å². The lowest BCUT2D eigenvalue weighted by molar-refractivity contribution is 0.197. The Morgan fingerprint density at radius 1 is 1.40 bits per heavy atom. The smallest absolute Gasteiger partial charge is 0.317 e. The van der Waals surface area contributed by atoms with E-state index in [1.165, 1.54) is 0 Å². The second kappa shape index (κ2) is 7.59. The van der Waals surface area contributed by atoms with Crippen LogP contribution in [0.15, 0.2) is 5.38 Å². The Hall–Kier alpha value is -1.14. The third-order valence-corrected chi connectivity index (χ3v) is 4.28. The Kier molecular flexibility index (Phi) is 5.79. The van der Waals surface area contributed by atoms with Crippen molar-refractivity contribution in [2.75, 3.05) is 32.7 Å². The predicted molar refractivity (Wildman–Crippen MR) is 82.0 cm³/mol. The van der Waals surface area contributed by atoms with Crippen molar-refractivity contribution in [1.82, 2.24) is 20.1 Å². The summed E-state index contributed by atoms with van der Waals surface area (Å²) in [5.74, 6) is 0. The standard InChI is InChI=1S/C14H24N4OS/c1-3-5-15-14(19)18-7-4-6-17(8-9-18)10-13-11-20-12(2)16-13/h11H,3-10H2,1-2H3,(H,15,19). The van der Waals surface area contributed by atoms with E-state index < -0.39 is 0 Å². The van der Waals surface area contributed by atoms with Gasteiger partial charge in [0.15, 0.2) is 0 Å². The quantitative estimate of drug-likeness (QED) is 0.925. The molecule has 1 N–H and O–H groups in total. The third kappa shape index (κ3) is 4.45. The topological polar surface area (TPSA) is 48.5 Å². The fourth-order valence-electron chi connectivity index (χ4n) is 2.39. The van der Waals surface area contributed by atoms with Gasteiger partial charge < -0.3 is 10.2 Å². The molecule has 0 radical (unpaired) electrons. The molecule has 20 heavy (non-hydrogen) atoms. The molecule has 0 spiro atoms. The van der Waals surface area contributed by atoms with E-state index in [4.69, 9.17) is 0 Å². The van der Waals surface area contributed by atoms with Crippen molar-refractivity contribution in [3.63, 3.8) is 0 Å². The van der Waals surface area contributed by atoms with E-state index in [1.54, 1.807) is 11.3 Å². The first kappa shape index (κ1) is 15.3. The average Bonchev–Trinajstić information content (AvgIpc) is 2.71. The Morgan fingerprint density at radius 2 is 2.25 bits per heavy atom. The lowest BCUT2D eigenvalue weighted by atomic mass is 10.3.